The number of nitrogens with two attached hydrogens (primary N) is 1. The van der Waals surface area contributed by atoms with Crippen LogP contribution in [0, 0.1) is 11.6 Å². The average molecular weight is 273 g/mol. The highest BCUT2D eigenvalue weighted by atomic mass is 32.2. The van der Waals surface area contributed by atoms with Crippen molar-refractivity contribution in [2.24, 2.45) is 0 Å². The molecule has 96 valence electrons. The van der Waals surface area contributed by atoms with Crippen LogP contribution in [0.15, 0.2) is 23.2 Å². The van der Waals surface area contributed by atoms with Crippen molar-refractivity contribution in [3.8, 4) is 11.1 Å². The largest absolute Gasteiger partial charge is 0.384 e. The molecule has 1 heterocycles. The van der Waals surface area contributed by atoms with E-state index in [4.69, 9.17) is 5.73 Å². The third kappa shape index (κ3) is 2.06. The molecule has 0 fully saturated rings. The predicted octanol–water partition coefficient (Wildman–Crippen LogP) is 1.34. The molecule has 0 atom stereocenters. The molecule has 18 heavy (non-hydrogen) atoms. The molecule has 3 N–H and O–H groups in total. The second-order valence-electron chi connectivity index (χ2n) is 3.73. The molecule has 1 aromatic carbocycles. The minimum Gasteiger partial charge on any atom is -0.384 e. The highest BCUT2D eigenvalue weighted by Gasteiger charge is 2.21. The lowest BCUT2D eigenvalue weighted by molar-refractivity contribution is 0.558. The molecule has 8 heteroatoms. The van der Waals surface area contributed by atoms with Crippen LogP contribution in [0.4, 0.5) is 14.6 Å². The fourth-order valence-corrected chi connectivity index (χ4v) is 2.30. The number of aromatic nitrogens is 2. The molecule has 0 aliphatic heterocycles. The lowest BCUT2D eigenvalue weighted by Crippen LogP contribution is -2.04. The SMILES string of the molecule is CS(=O)(=O)c1cc(F)cc(-c2cn[nH]c2N)c1F. The molecule has 0 aliphatic carbocycles. The zero-order valence-electron chi connectivity index (χ0n) is 9.24. The highest BCUT2D eigenvalue weighted by molar-refractivity contribution is 7.90. The predicted molar refractivity (Wildman–Crippen MR) is 61.5 cm³/mol. The normalized spacial score (nSPS) is 11.7. The zero-order valence-corrected chi connectivity index (χ0v) is 10.1. The van der Waals surface area contributed by atoms with E-state index >= 15 is 0 Å². The molecular weight excluding hydrogens is 264 g/mol. The number of halogens is 2. The summed E-state index contributed by atoms with van der Waals surface area (Å²) in [4.78, 5) is -0.710. The van der Waals surface area contributed by atoms with E-state index in [1.165, 1.54) is 6.20 Å². The molecule has 1 aromatic heterocycles. The zero-order chi connectivity index (χ0) is 13.5. The lowest BCUT2D eigenvalue weighted by Gasteiger charge is -2.07. The van der Waals surface area contributed by atoms with Crippen LogP contribution in [0.3, 0.4) is 0 Å². The molecule has 0 bridgehead atoms. The van der Waals surface area contributed by atoms with Gasteiger partial charge in [0.05, 0.1) is 6.20 Å². The maximum Gasteiger partial charge on any atom is 0.178 e. The molecule has 2 rings (SSSR count). The van der Waals surface area contributed by atoms with Gasteiger partial charge in [0.25, 0.3) is 0 Å². The van der Waals surface area contributed by atoms with E-state index in [1.807, 2.05) is 0 Å². The first-order valence-corrected chi connectivity index (χ1v) is 6.68. The van der Waals surface area contributed by atoms with Crippen molar-refractivity contribution in [2.45, 2.75) is 4.90 Å². The molecule has 0 unspecified atom stereocenters. The number of aromatic amines is 1. The maximum absolute atomic E-state index is 14.0. The van der Waals surface area contributed by atoms with Crippen molar-refractivity contribution >= 4 is 15.7 Å². The molecule has 0 radical (unpaired) electrons. The van der Waals surface area contributed by atoms with Gasteiger partial charge in [0.15, 0.2) is 9.84 Å². The minimum absolute atomic E-state index is 0.0268. The van der Waals surface area contributed by atoms with E-state index in [2.05, 4.69) is 10.2 Å². The van der Waals surface area contributed by atoms with Gasteiger partial charge in [0.1, 0.15) is 22.3 Å². The molecule has 0 saturated carbocycles. The van der Waals surface area contributed by atoms with E-state index in [0.717, 1.165) is 12.3 Å². The Labute approximate surface area is 102 Å². The smallest absolute Gasteiger partial charge is 0.178 e. The van der Waals surface area contributed by atoms with Crippen molar-refractivity contribution in [3.05, 3.63) is 30.0 Å². The van der Waals surface area contributed by atoms with Gasteiger partial charge in [-0.2, -0.15) is 5.10 Å². The van der Waals surface area contributed by atoms with Crippen LogP contribution in [0.2, 0.25) is 0 Å². The van der Waals surface area contributed by atoms with Crippen molar-refractivity contribution in [1.82, 2.24) is 10.2 Å². The Morgan fingerprint density at radius 2 is 1.94 bits per heavy atom. The summed E-state index contributed by atoms with van der Waals surface area (Å²) in [5, 5.41) is 5.93. The number of nitrogens with one attached hydrogen (secondary N) is 1. The first kappa shape index (κ1) is 12.5. The molecule has 2 aromatic rings. The number of hydrogen-bond acceptors (Lipinski definition) is 4. The fraction of sp³-hybridized carbons (Fsp3) is 0.100. The number of benzene rings is 1. The van der Waals surface area contributed by atoms with Crippen molar-refractivity contribution in [3.63, 3.8) is 0 Å². The van der Waals surface area contributed by atoms with E-state index in [0.29, 0.717) is 6.07 Å². The van der Waals surface area contributed by atoms with Gasteiger partial charge in [-0.1, -0.05) is 0 Å². The molecule has 5 nitrogen and oxygen atoms in total. The summed E-state index contributed by atoms with van der Waals surface area (Å²) < 4.78 is 50.1. The van der Waals surface area contributed by atoms with Crippen LogP contribution in [-0.4, -0.2) is 24.9 Å². The maximum atomic E-state index is 14.0. The van der Waals surface area contributed by atoms with Crippen LogP contribution in [0.25, 0.3) is 11.1 Å². The number of anilines is 1. The Morgan fingerprint density at radius 3 is 2.44 bits per heavy atom. The van der Waals surface area contributed by atoms with Gasteiger partial charge in [-0.3, -0.25) is 5.10 Å². The Balaban J connectivity index is 2.78. The van der Waals surface area contributed by atoms with Gasteiger partial charge in [0.2, 0.25) is 0 Å². The Kier molecular flexibility index (Phi) is 2.81. The molecule has 0 saturated heterocycles. The standard InChI is InChI=1S/C10H9F2N3O2S/c1-18(16,17)8-3-5(11)2-6(9(8)12)7-4-14-15-10(7)13/h2-4H,1H3,(H3,13,14,15). The summed E-state index contributed by atoms with van der Waals surface area (Å²) in [5.74, 6) is -1.89. The summed E-state index contributed by atoms with van der Waals surface area (Å²) in [6, 6.07) is 1.50. The highest BCUT2D eigenvalue weighted by Crippen LogP contribution is 2.31. The summed E-state index contributed by atoms with van der Waals surface area (Å²) in [6.45, 7) is 0. The minimum atomic E-state index is -3.87. The molecule has 0 spiro atoms. The topological polar surface area (TPSA) is 88.8 Å². The van der Waals surface area contributed by atoms with Gasteiger partial charge in [-0.15, -0.1) is 0 Å². The van der Waals surface area contributed by atoms with Gasteiger partial charge < -0.3 is 5.73 Å². The number of rotatable bonds is 2. The average Bonchev–Trinajstić information content (AvgIpc) is 2.66. The lowest BCUT2D eigenvalue weighted by atomic mass is 10.1. The first-order valence-electron chi connectivity index (χ1n) is 4.79. The van der Waals surface area contributed by atoms with E-state index in [9.17, 15) is 17.2 Å². The second kappa shape index (κ2) is 4.05. The summed E-state index contributed by atoms with van der Waals surface area (Å²) in [7, 11) is -3.87. The Morgan fingerprint density at radius 1 is 1.28 bits per heavy atom. The van der Waals surface area contributed by atoms with E-state index in [-0.39, 0.29) is 16.9 Å². The van der Waals surface area contributed by atoms with Crippen LogP contribution in [0.5, 0.6) is 0 Å². The Hall–Kier alpha value is -1.96. The molecule has 0 aliphatic rings. The fourth-order valence-electron chi connectivity index (χ4n) is 1.54. The number of H-pyrrole nitrogens is 1. The van der Waals surface area contributed by atoms with Crippen molar-refractivity contribution in [1.29, 1.82) is 0 Å². The Bertz CT molecular complexity index is 710. The van der Waals surface area contributed by atoms with Crippen LogP contribution >= 0.6 is 0 Å². The number of sulfone groups is 1. The van der Waals surface area contributed by atoms with Gasteiger partial charge in [-0.25, -0.2) is 17.2 Å². The number of nitrogens with zero attached hydrogens (tertiary/aromatic N) is 1. The first-order chi connectivity index (χ1) is 8.30. The van der Waals surface area contributed by atoms with Crippen molar-refractivity contribution in [2.75, 3.05) is 12.0 Å². The van der Waals surface area contributed by atoms with Crippen LogP contribution < -0.4 is 5.73 Å². The van der Waals surface area contributed by atoms with Gasteiger partial charge in [0, 0.05) is 17.4 Å². The summed E-state index contributed by atoms with van der Waals surface area (Å²) in [5.41, 5.74) is 5.35. The quantitative estimate of drug-likeness (QED) is 0.864. The summed E-state index contributed by atoms with van der Waals surface area (Å²) >= 11 is 0. The van der Waals surface area contributed by atoms with Gasteiger partial charge >= 0.3 is 0 Å². The second-order valence-corrected chi connectivity index (χ2v) is 5.72. The monoisotopic (exact) mass is 273 g/mol. The molecule has 0 amide bonds. The summed E-state index contributed by atoms with van der Waals surface area (Å²) in [6.07, 6.45) is 1.99. The van der Waals surface area contributed by atoms with E-state index in [1.54, 1.807) is 0 Å². The van der Waals surface area contributed by atoms with E-state index < -0.39 is 26.4 Å². The third-order valence-corrected chi connectivity index (χ3v) is 3.46. The van der Waals surface area contributed by atoms with Crippen LogP contribution in [0.1, 0.15) is 0 Å². The number of hydrogen-bond donors (Lipinski definition) is 2. The van der Waals surface area contributed by atoms with Crippen LogP contribution in [-0.2, 0) is 9.84 Å². The molecular formula is C10H9F2N3O2S. The number of nitrogen functional groups attached to an aromatic ring is 1. The van der Waals surface area contributed by atoms with Crippen molar-refractivity contribution < 1.29 is 17.2 Å². The third-order valence-electron chi connectivity index (χ3n) is 2.36. The van der Waals surface area contributed by atoms with Gasteiger partial charge in [-0.05, 0) is 12.1 Å².